The molecular weight excluding hydrogens is 336 g/mol. The Hall–Kier alpha value is -0.410. The lowest BCUT2D eigenvalue weighted by atomic mass is 9.42. The molecule has 0 spiro atoms. The maximum Gasteiger partial charge on any atom is 0.133 e. The van der Waals surface area contributed by atoms with Crippen molar-refractivity contribution in [1.29, 1.82) is 0 Å². The number of methoxy groups -OCH3 is 1. The van der Waals surface area contributed by atoms with E-state index in [9.17, 15) is 9.90 Å². The molecule has 0 radical (unpaired) electrons. The predicted octanol–water partition coefficient (Wildman–Crippen LogP) is 5.00. The molecule has 3 nitrogen and oxygen atoms in total. The highest BCUT2D eigenvalue weighted by Crippen LogP contribution is 2.68. The molecule has 0 heterocycles. The van der Waals surface area contributed by atoms with Gasteiger partial charge in [-0.3, -0.25) is 4.79 Å². The Bertz CT molecular complexity index is 588. The number of hydrogen-bond acceptors (Lipinski definition) is 3. The Balaban J connectivity index is 1.60. The van der Waals surface area contributed by atoms with E-state index in [1.807, 2.05) is 6.92 Å². The fourth-order valence-corrected chi connectivity index (χ4v) is 8.90. The van der Waals surface area contributed by atoms with Crippen LogP contribution >= 0.6 is 0 Å². The van der Waals surface area contributed by atoms with Crippen molar-refractivity contribution in [3.63, 3.8) is 0 Å². The predicted molar refractivity (Wildman–Crippen MR) is 107 cm³/mol. The highest BCUT2D eigenvalue weighted by Gasteiger charge is 2.62. The van der Waals surface area contributed by atoms with Crippen LogP contribution in [0, 0.1) is 40.4 Å². The van der Waals surface area contributed by atoms with Crippen LogP contribution in [0.15, 0.2) is 0 Å². The van der Waals surface area contributed by atoms with Gasteiger partial charge in [-0.1, -0.05) is 13.8 Å². The largest absolute Gasteiger partial charge is 0.387 e. The summed E-state index contributed by atoms with van der Waals surface area (Å²) in [5.74, 6) is 3.73. The van der Waals surface area contributed by atoms with Crippen LogP contribution in [0.3, 0.4) is 0 Å². The summed E-state index contributed by atoms with van der Waals surface area (Å²) in [5.41, 5.74) is 0.0555. The second kappa shape index (κ2) is 6.83. The van der Waals surface area contributed by atoms with Crippen LogP contribution < -0.4 is 0 Å². The fourth-order valence-electron chi connectivity index (χ4n) is 8.90. The van der Waals surface area contributed by atoms with Crippen molar-refractivity contribution < 1.29 is 14.6 Å². The van der Waals surface area contributed by atoms with E-state index in [4.69, 9.17) is 4.74 Å². The molecule has 0 aliphatic heterocycles. The number of carbonyl (C=O) groups excluding carboxylic acids is 1. The topological polar surface area (TPSA) is 46.5 Å². The highest BCUT2D eigenvalue weighted by molar-refractivity contribution is 5.79. The van der Waals surface area contributed by atoms with Gasteiger partial charge in [0, 0.05) is 13.0 Å². The van der Waals surface area contributed by atoms with Crippen LogP contribution in [0.2, 0.25) is 0 Å². The second-order valence-corrected chi connectivity index (χ2v) is 10.9. The molecule has 4 rings (SSSR count). The van der Waals surface area contributed by atoms with E-state index in [2.05, 4.69) is 13.8 Å². The first-order chi connectivity index (χ1) is 12.8. The maximum absolute atomic E-state index is 12.3. The van der Waals surface area contributed by atoms with E-state index in [0.717, 1.165) is 43.4 Å². The normalized spacial score (nSPS) is 52.0. The average Bonchev–Trinajstić information content (AvgIpc) is 2.99. The molecule has 0 bridgehead atoms. The van der Waals surface area contributed by atoms with Crippen molar-refractivity contribution in [2.24, 2.45) is 40.4 Å². The fraction of sp³-hybridized carbons (Fsp3) is 0.958. The lowest BCUT2D eigenvalue weighted by molar-refractivity contribution is -0.171. The van der Waals surface area contributed by atoms with Gasteiger partial charge in [0.15, 0.2) is 0 Å². The summed E-state index contributed by atoms with van der Waals surface area (Å²) in [6, 6.07) is 0. The lowest BCUT2D eigenvalue weighted by Crippen LogP contribution is -2.57. The monoisotopic (exact) mass is 376 g/mol. The quantitative estimate of drug-likeness (QED) is 0.751. The van der Waals surface area contributed by atoms with Gasteiger partial charge >= 0.3 is 0 Å². The number of ether oxygens (including phenoxy) is 1. The van der Waals surface area contributed by atoms with Crippen molar-refractivity contribution in [2.75, 3.05) is 13.7 Å². The zero-order chi connectivity index (χ0) is 19.4. The Labute approximate surface area is 165 Å². The highest BCUT2D eigenvalue weighted by atomic mass is 16.5. The van der Waals surface area contributed by atoms with E-state index in [1.54, 1.807) is 7.11 Å². The van der Waals surface area contributed by atoms with E-state index in [-0.39, 0.29) is 5.41 Å². The summed E-state index contributed by atoms with van der Waals surface area (Å²) in [6.45, 7) is 7.15. The first-order valence-corrected chi connectivity index (χ1v) is 11.5. The smallest absolute Gasteiger partial charge is 0.133 e. The summed E-state index contributed by atoms with van der Waals surface area (Å²) in [4.78, 5) is 12.3. The van der Waals surface area contributed by atoms with Crippen LogP contribution in [-0.2, 0) is 9.53 Å². The average molecular weight is 377 g/mol. The Morgan fingerprint density at radius 2 is 1.85 bits per heavy atom. The minimum absolute atomic E-state index is 0.250. The summed E-state index contributed by atoms with van der Waals surface area (Å²) >= 11 is 0. The Morgan fingerprint density at radius 1 is 1.07 bits per heavy atom. The molecule has 4 saturated carbocycles. The molecule has 27 heavy (non-hydrogen) atoms. The van der Waals surface area contributed by atoms with Gasteiger partial charge in [0.1, 0.15) is 5.78 Å². The Morgan fingerprint density at radius 3 is 2.52 bits per heavy atom. The van der Waals surface area contributed by atoms with Gasteiger partial charge in [-0.15, -0.1) is 0 Å². The van der Waals surface area contributed by atoms with Crippen LogP contribution in [0.1, 0.15) is 85.0 Å². The Kier molecular flexibility index (Phi) is 5.03. The molecule has 4 fully saturated rings. The summed E-state index contributed by atoms with van der Waals surface area (Å²) in [7, 11) is 1.71. The molecule has 0 saturated heterocycles. The molecule has 0 unspecified atom stereocenters. The second-order valence-electron chi connectivity index (χ2n) is 10.9. The molecule has 154 valence electrons. The molecule has 4 aliphatic carbocycles. The number of hydrogen-bond donors (Lipinski definition) is 1. The third-order valence-corrected chi connectivity index (χ3v) is 10.1. The van der Waals surface area contributed by atoms with E-state index in [0.29, 0.717) is 29.6 Å². The number of Topliss-reactive ketones (excluding diaryl/α,β-unsaturated/α-hetero) is 1. The summed E-state index contributed by atoms with van der Waals surface area (Å²) in [6.07, 6.45) is 11.7. The first kappa shape index (κ1) is 19.9. The number of fused-ring (bicyclic) bond motifs is 5. The van der Waals surface area contributed by atoms with Crippen LogP contribution in [0.25, 0.3) is 0 Å². The minimum Gasteiger partial charge on any atom is -0.387 e. The van der Waals surface area contributed by atoms with Crippen molar-refractivity contribution >= 4 is 5.78 Å². The lowest BCUT2D eigenvalue weighted by Gasteiger charge is -2.63. The minimum atomic E-state index is -0.610. The van der Waals surface area contributed by atoms with Crippen molar-refractivity contribution in [3.05, 3.63) is 0 Å². The van der Waals surface area contributed by atoms with E-state index < -0.39 is 5.60 Å². The van der Waals surface area contributed by atoms with E-state index in [1.165, 1.54) is 38.5 Å². The third kappa shape index (κ3) is 2.86. The SMILES string of the molecule is CC[C@]12CC[C@](O)(COC)C[C@H]1CC[C@H]1[C@@H]3CC[C@H](C(C)=O)[C@@]3(C)CC[C@@H]12. The maximum atomic E-state index is 12.3. The van der Waals surface area contributed by atoms with Crippen LogP contribution in [0.4, 0.5) is 0 Å². The van der Waals surface area contributed by atoms with Gasteiger partial charge < -0.3 is 9.84 Å². The summed E-state index contributed by atoms with van der Waals surface area (Å²) < 4.78 is 5.36. The first-order valence-electron chi connectivity index (χ1n) is 11.5. The van der Waals surface area contributed by atoms with Crippen molar-refractivity contribution in [3.8, 4) is 0 Å². The molecule has 0 aromatic carbocycles. The van der Waals surface area contributed by atoms with Gasteiger partial charge in [0.2, 0.25) is 0 Å². The van der Waals surface area contributed by atoms with Crippen LogP contribution in [0.5, 0.6) is 0 Å². The van der Waals surface area contributed by atoms with Gasteiger partial charge in [-0.05, 0) is 106 Å². The zero-order valence-corrected chi connectivity index (χ0v) is 17.9. The number of aliphatic hydroxyl groups is 1. The number of carbonyl (C=O) groups is 1. The third-order valence-electron chi connectivity index (χ3n) is 10.1. The van der Waals surface area contributed by atoms with E-state index >= 15 is 0 Å². The molecule has 0 amide bonds. The van der Waals surface area contributed by atoms with Crippen molar-refractivity contribution in [2.45, 2.75) is 90.6 Å². The molecule has 1 N–H and O–H groups in total. The molecule has 8 atom stereocenters. The zero-order valence-electron chi connectivity index (χ0n) is 17.9. The molecular formula is C24H40O3. The number of ketones is 1. The summed E-state index contributed by atoms with van der Waals surface area (Å²) in [5, 5.41) is 11.0. The van der Waals surface area contributed by atoms with Crippen LogP contribution in [-0.4, -0.2) is 30.2 Å². The van der Waals surface area contributed by atoms with Gasteiger partial charge in [0.25, 0.3) is 0 Å². The van der Waals surface area contributed by atoms with Crippen molar-refractivity contribution in [1.82, 2.24) is 0 Å². The number of rotatable bonds is 4. The van der Waals surface area contributed by atoms with Gasteiger partial charge in [-0.2, -0.15) is 0 Å². The molecule has 3 heteroatoms. The molecule has 0 aromatic heterocycles. The van der Waals surface area contributed by atoms with Gasteiger partial charge in [0.05, 0.1) is 12.2 Å². The van der Waals surface area contributed by atoms with Gasteiger partial charge in [-0.25, -0.2) is 0 Å². The molecule has 0 aromatic rings. The standard InChI is InChI=1S/C24H40O3/c1-5-24-13-12-23(26,15-27-4)14-17(24)6-7-18-20-9-8-19(16(2)25)22(20,3)11-10-21(18)24/h17-21,26H,5-15H2,1-4H3/t17-,18+,19-,20+,21+,22-,23-,24+/m1/s1. The molecule has 4 aliphatic rings.